The quantitative estimate of drug-likeness (QED) is 0.857. The summed E-state index contributed by atoms with van der Waals surface area (Å²) >= 11 is 0. The number of rotatable bonds is 3. The number of aryl methyl sites for hydroxylation is 1. The fourth-order valence-electron chi connectivity index (χ4n) is 3.54. The van der Waals surface area contributed by atoms with E-state index >= 15 is 0 Å². The van der Waals surface area contributed by atoms with Gasteiger partial charge in [-0.15, -0.1) is 15.3 Å². The zero-order valence-electron chi connectivity index (χ0n) is 13.1. The Labute approximate surface area is 134 Å². The van der Waals surface area contributed by atoms with Crippen molar-refractivity contribution in [3.8, 4) is 0 Å². The third-order valence-corrected chi connectivity index (χ3v) is 5.00. The van der Waals surface area contributed by atoms with Gasteiger partial charge in [-0.3, -0.25) is 0 Å². The number of fused-ring (bicyclic) bond motifs is 1. The first-order valence-electron chi connectivity index (χ1n) is 8.30. The standard InChI is InChI=1S/C16H19N5O2/c1-9-2-5-14(18-17-9)21-7-11-6-12(22-13(11)8-21)16-20-19-15(23-16)10-3-4-10/h2,5,10-13H,3-4,6-8H2,1H3/t11-,12-,13+/m1/s1. The van der Waals surface area contributed by atoms with Crippen LogP contribution in [0.15, 0.2) is 16.5 Å². The molecule has 23 heavy (non-hydrogen) atoms. The van der Waals surface area contributed by atoms with Crippen LogP contribution in [0, 0.1) is 12.8 Å². The lowest BCUT2D eigenvalue weighted by molar-refractivity contribution is 0.0329. The molecule has 120 valence electrons. The Morgan fingerprint density at radius 2 is 1.91 bits per heavy atom. The molecule has 0 spiro atoms. The Bertz CT molecular complexity index is 698. The van der Waals surface area contributed by atoms with Gasteiger partial charge in [0.05, 0.1) is 11.8 Å². The molecule has 3 atom stereocenters. The second kappa shape index (κ2) is 4.99. The summed E-state index contributed by atoms with van der Waals surface area (Å²) in [6.45, 7) is 3.74. The zero-order chi connectivity index (χ0) is 15.4. The van der Waals surface area contributed by atoms with E-state index in [2.05, 4.69) is 25.3 Å². The van der Waals surface area contributed by atoms with Crippen molar-refractivity contribution in [2.45, 2.75) is 44.3 Å². The maximum Gasteiger partial charge on any atom is 0.245 e. The highest BCUT2D eigenvalue weighted by atomic mass is 16.5. The van der Waals surface area contributed by atoms with Gasteiger partial charge in [0.2, 0.25) is 11.8 Å². The summed E-state index contributed by atoms with van der Waals surface area (Å²) in [6, 6.07) is 4.03. The van der Waals surface area contributed by atoms with E-state index in [9.17, 15) is 0 Å². The first kappa shape index (κ1) is 13.4. The Kier molecular flexibility index (Phi) is 2.91. The zero-order valence-corrected chi connectivity index (χ0v) is 13.1. The normalized spacial score (nSPS) is 30.0. The van der Waals surface area contributed by atoms with Crippen LogP contribution in [-0.4, -0.2) is 39.6 Å². The van der Waals surface area contributed by atoms with Gasteiger partial charge in [-0.2, -0.15) is 5.10 Å². The second-order valence-corrected chi connectivity index (χ2v) is 6.85. The molecule has 7 heteroatoms. The van der Waals surface area contributed by atoms with E-state index < -0.39 is 0 Å². The Balaban J connectivity index is 1.26. The lowest BCUT2D eigenvalue weighted by atomic mass is 10.0. The predicted octanol–water partition coefficient (Wildman–Crippen LogP) is 2.01. The minimum atomic E-state index is -0.0451. The van der Waals surface area contributed by atoms with Crippen LogP contribution in [0.5, 0.6) is 0 Å². The van der Waals surface area contributed by atoms with E-state index in [1.54, 1.807) is 0 Å². The third kappa shape index (κ3) is 2.39. The molecule has 3 fully saturated rings. The molecular weight excluding hydrogens is 294 g/mol. The minimum Gasteiger partial charge on any atom is -0.422 e. The summed E-state index contributed by atoms with van der Waals surface area (Å²) in [5.41, 5.74) is 0.937. The van der Waals surface area contributed by atoms with Gasteiger partial charge in [-0.05, 0) is 38.3 Å². The first-order chi connectivity index (χ1) is 11.3. The second-order valence-electron chi connectivity index (χ2n) is 6.85. The van der Waals surface area contributed by atoms with Crippen LogP contribution in [0.1, 0.15) is 48.8 Å². The maximum atomic E-state index is 6.17. The van der Waals surface area contributed by atoms with Crippen LogP contribution in [0.3, 0.4) is 0 Å². The summed E-state index contributed by atoms with van der Waals surface area (Å²) in [5.74, 6) is 3.35. The van der Waals surface area contributed by atoms with Gasteiger partial charge in [-0.25, -0.2) is 0 Å². The van der Waals surface area contributed by atoms with Crippen LogP contribution in [0.2, 0.25) is 0 Å². The lowest BCUT2D eigenvalue weighted by Crippen LogP contribution is -2.24. The molecule has 1 aliphatic carbocycles. The van der Waals surface area contributed by atoms with E-state index in [0.717, 1.165) is 36.9 Å². The van der Waals surface area contributed by atoms with Gasteiger partial charge in [-0.1, -0.05) is 0 Å². The third-order valence-electron chi connectivity index (χ3n) is 5.00. The van der Waals surface area contributed by atoms with E-state index in [-0.39, 0.29) is 12.2 Å². The summed E-state index contributed by atoms with van der Waals surface area (Å²) in [6.07, 6.45) is 3.44. The molecule has 5 rings (SSSR count). The molecule has 0 N–H and O–H groups in total. The monoisotopic (exact) mass is 313 g/mol. The van der Waals surface area contributed by atoms with Gasteiger partial charge in [0.25, 0.3) is 0 Å². The summed E-state index contributed by atoms with van der Waals surface area (Å²) in [4.78, 5) is 2.25. The summed E-state index contributed by atoms with van der Waals surface area (Å²) in [7, 11) is 0. The average molecular weight is 313 g/mol. The predicted molar refractivity (Wildman–Crippen MR) is 81.0 cm³/mol. The van der Waals surface area contributed by atoms with Crippen LogP contribution in [-0.2, 0) is 4.74 Å². The smallest absolute Gasteiger partial charge is 0.245 e. The number of anilines is 1. The molecule has 2 aromatic rings. The number of ether oxygens (including phenoxy) is 1. The van der Waals surface area contributed by atoms with Gasteiger partial charge in [0.15, 0.2) is 5.82 Å². The first-order valence-corrected chi connectivity index (χ1v) is 8.30. The van der Waals surface area contributed by atoms with Crippen molar-refractivity contribution in [2.75, 3.05) is 18.0 Å². The molecule has 3 aliphatic rings. The Morgan fingerprint density at radius 3 is 2.65 bits per heavy atom. The SMILES string of the molecule is Cc1ccc(N2C[C@H]3C[C@H](c4nnc(C5CC5)o4)O[C@H]3C2)nn1. The van der Waals surface area contributed by atoms with Gasteiger partial charge in [0, 0.05) is 24.9 Å². The topological polar surface area (TPSA) is 77.2 Å². The highest BCUT2D eigenvalue weighted by Crippen LogP contribution is 2.43. The van der Waals surface area contributed by atoms with E-state index in [4.69, 9.17) is 9.15 Å². The van der Waals surface area contributed by atoms with Crippen molar-refractivity contribution in [3.05, 3.63) is 29.6 Å². The van der Waals surface area contributed by atoms with Crippen molar-refractivity contribution < 1.29 is 9.15 Å². The molecule has 2 saturated heterocycles. The summed E-state index contributed by atoms with van der Waals surface area (Å²) < 4.78 is 12.0. The minimum absolute atomic E-state index is 0.0451. The molecule has 0 bridgehead atoms. The fourth-order valence-corrected chi connectivity index (χ4v) is 3.54. The largest absolute Gasteiger partial charge is 0.422 e. The molecule has 0 radical (unpaired) electrons. The molecule has 1 saturated carbocycles. The van der Waals surface area contributed by atoms with E-state index in [1.165, 1.54) is 12.8 Å². The molecule has 0 unspecified atom stereocenters. The van der Waals surface area contributed by atoms with Crippen LogP contribution in [0.25, 0.3) is 0 Å². The fraction of sp³-hybridized carbons (Fsp3) is 0.625. The van der Waals surface area contributed by atoms with Gasteiger partial charge < -0.3 is 14.1 Å². The van der Waals surface area contributed by atoms with Gasteiger partial charge in [0.1, 0.15) is 6.10 Å². The molecule has 4 heterocycles. The molecule has 2 aliphatic heterocycles. The molecular formula is C16H19N5O2. The van der Waals surface area contributed by atoms with Crippen LogP contribution >= 0.6 is 0 Å². The lowest BCUT2D eigenvalue weighted by Gasteiger charge is -2.18. The van der Waals surface area contributed by atoms with Crippen molar-refractivity contribution in [1.29, 1.82) is 0 Å². The van der Waals surface area contributed by atoms with Crippen molar-refractivity contribution in [3.63, 3.8) is 0 Å². The van der Waals surface area contributed by atoms with Gasteiger partial charge >= 0.3 is 0 Å². The summed E-state index contributed by atoms with van der Waals surface area (Å²) in [5, 5.41) is 16.8. The van der Waals surface area contributed by atoms with Crippen molar-refractivity contribution >= 4 is 5.82 Å². The van der Waals surface area contributed by atoms with E-state index in [1.807, 2.05) is 19.1 Å². The molecule has 0 aromatic carbocycles. The molecule has 7 nitrogen and oxygen atoms in total. The molecule has 2 aromatic heterocycles. The van der Waals surface area contributed by atoms with Crippen molar-refractivity contribution in [2.24, 2.45) is 5.92 Å². The highest BCUT2D eigenvalue weighted by Gasteiger charge is 2.45. The van der Waals surface area contributed by atoms with Crippen LogP contribution < -0.4 is 4.90 Å². The van der Waals surface area contributed by atoms with Crippen LogP contribution in [0.4, 0.5) is 5.82 Å². The average Bonchev–Trinajstić information content (AvgIpc) is 2.97. The molecule has 0 amide bonds. The Hall–Kier alpha value is -2.02. The Morgan fingerprint density at radius 1 is 1.04 bits per heavy atom. The highest BCUT2D eigenvalue weighted by molar-refractivity contribution is 5.39. The number of aromatic nitrogens is 4. The maximum absolute atomic E-state index is 6.17. The van der Waals surface area contributed by atoms with Crippen molar-refractivity contribution in [1.82, 2.24) is 20.4 Å². The number of hydrogen-bond acceptors (Lipinski definition) is 7. The number of nitrogens with zero attached hydrogens (tertiary/aromatic N) is 5. The van der Waals surface area contributed by atoms with E-state index in [0.29, 0.717) is 17.7 Å². The number of hydrogen-bond donors (Lipinski definition) is 0.